The SMILES string of the molecule is O=C(Nc1ccc(S(=O)(=O)O)c2ccc(S(=O)(=O)O)cc12)c1ccc([N+](=O)[O-])cc1S(=O)(=O)O.[Na].[Na].[Na]. The van der Waals surface area contributed by atoms with Crippen LogP contribution in [0.4, 0.5) is 11.4 Å². The predicted octanol–water partition coefficient (Wildman–Crippen LogP) is 0.598. The van der Waals surface area contributed by atoms with Gasteiger partial charge in [-0.15, -0.1) is 0 Å². The molecule has 0 bridgehead atoms. The molecule has 3 aromatic rings. The molecule has 0 saturated carbocycles. The Morgan fingerprint density at radius 3 is 1.78 bits per heavy atom. The molecule has 0 heterocycles. The maximum Gasteiger partial charge on any atom is 0.295 e. The largest absolute Gasteiger partial charge is 0.321 e. The Morgan fingerprint density at radius 1 is 0.730 bits per heavy atom. The molecule has 1 amide bonds. The molecule has 4 N–H and O–H groups in total. The molecule has 0 aliphatic carbocycles. The van der Waals surface area contributed by atoms with Crippen LogP contribution in [-0.2, 0) is 30.4 Å². The molecule has 0 unspecified atom stereocenters. The number of anilines is 1. The molecule has 14 nitrogen and oxygen atoms in total. The summed E-state index contributed by atoms with van der Waals surface area (Å²) in [7, 11) is -14.7. The van der Waals surface area contributed by atoms with Crippen molar-refractivity contribution in [3.63, 3.8) is 0 Å². The molecule has 3 radical (unpaired) electrons. The summed E-state index contributed by atoms with van der Waals surface area (Å²) >= 11 is 0. The number of fused-ring (bicyclic) bond motifs is 1. The number of carbonyl (C=O) groups is 1. The summed E-state index contributed by atoms with van der Waals surface area (Å²) in [6, 6.07) is 6.34. The van der Waals surface area contributed by atoms with Crippen LogP contribution in [-0.4, -0.2) is 138 Å². The number of amides is 1. The van der Waals surface area contributed by atoms with Gasteiger partial charge in [-0.05, 0) is 30.3 Å². The number of carbonyl (C=O) groups excluding carboxylic acids is 1. The van der Waals surface area contributed by atoms with E-state index < -0.39 is 67.1 Å². The van der Waals surface area contributed by atoms with E-state index in [1.165, 1.54) is 0 Å². The summed E-state index contributed by atoms with van der Waals surface area (Å²) in [6.45, 7) is 0. The zero-order valence-electron chi connectivity index (χ0n) is 19.3. The number of rotatable bonds is 6. The van der Waals surface area contributed by atoms with E-state index >= 15 is 0 Å². The van der Waals surface area contributed by atoms with Gasteiger partial charge in [0, 0.05) is 117 Å². The minimum Gasteiger partial charge on any atom is -0.321 e. The molecule has 0 aromatic heterocycles. The van der Waals surface area contributed by atoms with Crippen LogP contribution in [0, 0.1) is 10.1 Å². The summed E-state index contributed by atoms with van der Waals surface area (Å²) in [4.78, 5) is 20.3. The molecule has 3 rings (SSSR count). The van der Waals surface area contributed by atoms with E-state index in [0.717, 1.165) is 42.5 Å². The minimum atomic E-state index is -5.11. The molecule has 20 heteroatoms. The predicted molar refractivity (Wildman–Crippen MR) is 132 cm³/mol. The van der Waals surface area contributed by atoms with Crippen molar-refractivity contribution in [2.45, 2.75) is 14.7 Å². The molecule has 3 aromatic carbocycles. The third-order valence-corrected chi connectivity index (χ3v) is 7.13. The molecule has 0 aliphatic heterocycles. The van der Waals surface area contributed by atoms with Gasteiger partial charge in [0.05, 0.1) is 15.4 Å². The second kappa shape index (κ2) is 13.2. The fraction of sp³-hybridized carbons (Fsp3) is 0. The Hall–Kier alpha value is -0.480. The van der Waals surface area contributed by atoms with Crippen LogP contribution in [0.3, 0.4) is 0 Å². The van der Waals surface area contributed by atoms with Gasteiger partial charge in [0.1, 0.15) is 9.79 Å². The third kappa shape index (κ3) is 8.50. The summed E-state index contributed by atoms with van der Waals surface area (Å²) in [5, 5.41) is 12.5. The van der Waals surface area contributed by atoms with Crippen LogP contribution < -0.4 is 5.32 Å². The van der Waals surface area contributed by atoms with Crippen molar-refractivity contribution in [1.29, 1.82) is 0 Å². The van der Waals surface area contributed by atoms with E-state index in [1.54, 1.807) is 0 Å². The van der Waals surface area contributed by atoms with Crippen molar-refractivity contribution in [2.24, 2.45) is 0 Å². The zero-order chi connectivity index (χ0) is 25.6. The van der Waals surface area contributed by atoms with Crippen LogP contribution in [0.2, 0.25) is 0 Å². The Labute approximate surface area is 276 Å². The van der Waals surface area contributed by atoms with Gasteiger partial charge in [-0.25, -0.2) is 0 Å². The number of nitrogens with one attached hydrogen (secondary N) is 1. The Kier molecular flexibility index (Phi) is 13.1. The molecular formula is C17H12N2Na3O12S3. The van der Waals surface area contributed by atoms with Crippen molar-refractivity contribution >= 4 is 147 Å². The van der Waals surface area contributed by atoms with Crippen LogP contribution >= 0.6 is 0 Å². The number of nitro groups is 1. The first-order valence-electron chi connectivity index (χ1n) is 8.59. The Balaban J connectivity index is 0.00000432. The third-order valence-electron chi connectivity index (χ3n) is 4.47. The molecule has 0 aliphatic rings. The average molecular weight is 601 g/mol. The van der Waals surface area contributed by atoms with Gasteiger partial charge in [-0.2, -0.15) is 25.3 Å². The molecule has 0 fully saturated rings. The van der Waals surface area contributed by atoms with Gasteiger partial charge in [0.25, 0.3) is 41.9 Å². The first-order valence-corrected chi connectivity index (χ1v) is 12.9. The van der Waals surface area contributed by atoms with E-state index in [-0.39, 0.29) is 105 Å². The van der Waals surface area contributed by atoms with Crippen LogP contribution in [0.1, 0.15) is 10.4 Å². The summed E-state index contributed by atoms with van der Waals surface area (Å²) in [6.07, 6.45) is 0. The zero-order valence-corrected chi connectivity index (χ0v) is 27.8. The number of non-ortho nitro benzene ring substituents is 1. The summed E-state index contributed by atoms with van der Waals surface area (Å²) in [5.41, 5.74) is -1.77. The van der Waals surface area contributed by atoms with Crippen molar-refractivity contribution in [2.75, 3.05) is 5.32 Å². The number of nitrogens with zero attached hydrogens (tertiary/aromatic N) is 1. The van der Waals surface area contributed by atoms with Crippen molar-refractivity contribution in [3.05, 3.63) is 64.2 Å². The van der Waals surface area contributed by atoms with Gasteiger partial charge in [-0.1, -0.05) is 6.07 Å². The minimum absolute atomic E-state index is 0. The van der Waals surface area contributed by atoms with Crippen LogP contribution in [0.15, 0.2) is 63.2 Å². The fourth-order valence-corrected chi connectivity index (χ4v) is 4.92. The van der Waals surface area contributed by atoms with Crippen molar-refractivity contribution in [3.8, 4) is 0 Å². The van der Waals surface area contributed by atoms with Gasteiger partial charge in [-0.3, -0.25) is 28.6 Å². The van der Waals surface area contributed by atoms with E-state index in [0.29, 0.717) is 6.07 Å². The summed E-state index contributed by atoms with van der Waals surface area (Å²) < 4.78 is 97.8. The molecule has 0 saturated heterocycles. The number of hydrogen-bond acceptors (Lipinski definition) is 9. The van der Waals surface area contributed by atoms with Crippen molar-refractivity contribution in [1.82, 2.24) is 0 Å². The maximum absolute atomic E-state index is 12.8. The van der Waals surface area contributed by atoms with E-state index in [2.05, 4.69) is 5.32 Å². The van der Waals surface area contributed by atoms with E-state index in [9.17, 15) is 53.8 Å². The van der Waals surface area contributed by atoms with Gasteiger partial charge in [0.2, 0.25) is 0 Å². The quantitative estimate of drug-likeness (QED) is 0.132. The number of nitro benzene ring substituents is 1. The average Bonchev–Trinajstić information content (AvgIpc) is 2.70. The summed E-state index contributed by atoms with van der Waals surface area (Å²) in [5.74, 6) is -1.24. The second-order valence-electron chi connectivity index (χ2n) is 6.64. The first kappa shape index (κ1) is 36.5. The maximum atomic E-state index is 12.8. The molecule has 0 spiro atoms. The standard InChI is InChI=1S/C17H12N2O12S3.3Na/c20-17(12-3-1-9(19(21)22)7-16(12)34(29,30)31)18-14-5-6-15(33(26,27)28)11-4-2-10(8-13(11)14)32(23,24)25;;;/h1-8H,(H,18,20)(H,23,24,25)(H,26,27,28)(H,29,30,31);;;. The monoisotopic (exact) mass is 601 g/mol. The molecule has 183 valence electrons. The molecule has 37 heavy (non-hydrogen) atoms. The normalized spacial score (nSPS) is 11.4. The second-order valence-corrected chi connectivity index (χ2v) is 10.8. The number of benzene rings is 3. The number of hydrogen-bond donors (Lipinski definition) is 4. The Morgan fingerprint density at radius 2 is 1.30 bits per heavy atom. The topological polar surface area (TPSA) is 235 Å². The van der Waals surface area contributed by atoms with Gasteiger partial charge >= 0.3 is 0 Å². The van der Waals surface area contributed by atoms with Gasteiger partial charge < -0.3 is 5.32 Å². The molecule has 0 atom stereocenters. The fourth-order valence-electron chi connectivity index (χ4n) is 3.01. The van der Waals surface area contributed by atoms with E-state index in [4.69, 9.17) is 0 Å². The van der Waals surface area contributed by atoms with E-state index in [1.807, 2.05) is 0 Å². The molecular weight excluding hydrogens is 589 g/mol. The smallest absolute Gasteiger partial charge is 0.295 e. The van der Waals surface area contributed by atoms with Crippen LogP contribution in [0.25, 0.3) is 10.8 Å². The Bertz CT molecular complexity index is 1710. The van der Waals surface area contributed by atoms with Gasteiger partial charge in [0.15, 0.2) is 0 Å². The van der Waals surface area contributed by atoms with Crippen LogP contribution in [0.5, 0.6) is 0 Å². The first-order chi connectivity index (χ1) is 15.5. The van der Waals surface area contributed by atoms with Crippen molar-refractivity contribution < 1.29 is 48.6 Å².